The molecular weight excluding hydrogens is 324 g/mol. The number of carbonyl (C=O) groups is 1. The van der Waals surface area contributed by atoms with E-state index in [4.69, 9.17) is 4.52 Å². The van der Waals surface area contributed by atoms with Crippen molar-refractivity contribution in [1.82, 2.24) is 14.7 Å². The molecule has 6 nitrogen and oxygen atoms in total. The second-order valence-corrected chi connectivity index (χ2v) is 6.57. The van der Waals surface area contributed by atoms with E-state index in [-0.39, 0.29) is 5.91 Å². The Bertz CT molecular complexity index is 890. The van der Waals surface area contributed by atoms with Crippen LogP contribution in [0.25, 0.3) is 5.82 Å². The van der Waals surface area contributed by atoms with Crippen molar-refractivity contribution in [3.63, 3.8) is 0 Å². The van der Waals surface area contributed by atoms with Crippen molar-refractivity contribution < 1.29 is 9.32 Å². The highest BCUT2D eigenvalue weighted by molar-refractivity contribution is 7.14. The van der Waals surface area contributed by atoms with Crippen molar-refractivity contribution in [3.8, 4) is 5.82 Å². The smallest absolute Gasteiger partial charge is 0.261 e. The van der Waals surface area contributed by atoms with Crippen molar-refractivity contribution >= 4 is 22.4 Å². The van der Waals surface area contributed by atoms with E-state index in [0.29, 0.717) is 17.9 Å². The largest absolute Gasteiger partial charge is 0.360 e. The molecule has 0 atom stereocenters. The van der Waals surface area contributed by atoms with Crippen LogP contribution < -0.4 is 4.90 Å². The lowest BCUT2D eigenvalue weighted by molar-refractivity contribution is 0.0987. The Morgan fingerprint density at radius 2 is 2.04 bits per heavy atom. The monoisotopic (exact) mass is 344 g/mol. The van der Waals surface area contributed by atoms with Gasteiger partial charge in [0.15, 0.2) is 10.9 Å². The molecule has 0 aromatic carbocycles. The molecule has 0 saturated carbocycles. The molecule has 0 N–H and O–H groups in total. The third-order valence-electron chi connectivity index (χ3n) is 3.91. The quantitative estimate of drug-likeness (QED) is 0.722. The van der Waals surface area contributed by atoms with Gasteiger partial charge in [-0.25, -0.2) is 4.98 Å². The summed E-state index contributed by atoms with van der Waals surface area (Å²) in [5, 5.41) is 6.73. The predicted molar refractivity (Wildman–Crippen MR) is 94.2 cm³/mol. The molecule has 3 aromatic heterocycles. The van der Waals surface area contributed by atoms with Crippen LogP contribution in [-0.4, -0.2) is 27.2 Å². The lowest BCUT2D eigenvalue weighted by Gasteiger charge is -2.17. The number of hydrogen-bond donors (Lipinski definition) is 0. The highest BCUT2D eigenvalue weighted by atomic mass is 32.1. The van der Waals surface area contributed by atoms with Crippen LogP contribution in [0, 0.1) is 27.7 Å². The summed E-state index contributed by atoms with van der Waals surface area (Å²) < 4.78 is 7.10. The van der Waals surface area contributed by atoms with Gasteiger partial charge in [-0.05, 0) is 40.7 Å². The highest BCUT2D eigenvalue weighted by Gasteiger charge is 2.24. The minimum Gasteiger partial charge on any atom is -0.360 e. The van der Waals surface area contributed by atoms with Crippen molar-refractivity contribution in [1.29, 1.82) is 0 Å². The first-order chi connectivity index (χ1) is 11.4. The van der Waals surface area contributed by atoms with Gasteiger partial charge in [-0.15, -0.1) is 11.3 Å². The number of aromatic nitrogens is 3. The van der Waals surface area contributed by atoms with Gasteiger partial charge in [0.2, 0.25) is 0 Å². The molecule has 3 rings (SSSR count). The Balaban J connectivity index is 2.01. The van der Waals surface area contributed by atoms with Crippen molar-refractivity contribution in [3.05, 3.63) is 45.9 Å². The van der Waals surface area contributed by atoms with E-state index in [9.17, 15) is 4.79 Å². The van der Waals surface area contributed by atoms with Crippen LogP contribution in [0.15, 0.2) is 22.0 Å². The molecule has 3 aromatic rings. The zero-order chi connectivity index (χ0) is 17.4. The second-order valence-electron chi connectivity index (χ2n) is 5.74. The minimum atomic E-state index is -0.0496. The maximum Gasteiger partial charge on any atom is 0.261 e. The molecule has 126 valence electrons. The van der Waals surface area contributed by atoms with Gasteiger partial charge in [-0.3, -0.25) is 14.3 Å². The number of hydrogen-bond acceptors (Lipinski definition) is 5. The Kier molecular flexibility index (Phi) is 4.28. The van der Waals surface area contributed by atoms with E-state index in [1.54, 1.807) is 4.90 Å². The highest BCUT2D eigenvalue weighted by Crippen LogP contribution is 2.26. The molecule has 0 saturated heterocycles. The third kappa shape index (κ3) is 2.75. The van der Waals surface area contributed by atoms with Gasteiger partial charge in [0.1, 0.15) is 5.76 Å². The van der Waals surface area contributed by atoms with Gasteiger partial charge in [-0.1, -0.05) is 5.16 Å². The number of carbonyl (C=O) groups excluding carboxylic acids is 1. The molecular formula is C17H20N4O2S. The molecule has 1 amide bonds. The van der Waals surface area contributed by atoms with Gasteiger partial charge in [0, 0.05) is 29.4 Å². The van der Waals surface area contributed by atoms with E-state index in [2.05, 4.69) is 10.1 Å². The van der Waals surface area contributed by atoms with E-state index < -0.39 is 0 Å². The third-order valence-corrected chi connectivity index (χ3v) is 4.89. The van der Waals surface area contributed by atoms with Crippen LogP contribution in [-0.2, 0) is 0 Å². The first kappa shape index (κ1) is 16.4. The van der Waals surface area contributed by atoms with Gasteiger partial charge in [0.05, 0.1) is 11.3 Å². The van der Waals surface area contributed by atoms with Crippen LogP contribution in [0.2, 0.25) is 0 Å². The zero-order valence-corrected chi connectivity index (χ0v) is 15.3. The molecule has 24 heavy (non-hydrogen) atoms. The van der Waals surface area contributed by atoms with Gasteiger partial charge in [0.25, 0.3) is 5.91 Å². The van der Waals surface area contributed by atoms with E-state index in [0.717, 1.165) is 28.0 Å². The maximum absolute atomic E-state index is 13.0. The normalized spacial score (nSPS) is 11.0. The molecule has 0 aliphatic heterocycles. The van der Waals surface area contributed by atoms with E-state index >= 15 is 0 Å². The van der Waals surface area contributed by atoms with Gasteiger partial charge >= 0.3 is 0 Å². The first-order valence-electron chi connectivity index (χ1n) is 7.79. The average Bonchev–Trinajstić information content (AvgIpc) is 3.21. The lowest BCUT2D eigenvalue weighted by atomic mass is 10.2. The lowest BCUT2D eigenvalue weighted by Crippen LogP contribution is -2.30. The number of aryl methyl sites for hydroxylation is 3. The Morgan fingerprint density at radius 3 is 2.58 bits per heavy atom. The standard InChI is InChI=1S/C17H20N4O2S/c1-6-20(17-18-10(2)9-24-17)16(22)14-7-11(3)21(13(14)5)15-8-12(4)23-19-15/h7-9H,6H2,1-5H3. The molecule has 0 fully saturated rings. The van der Waals surface area contributed by atoms with Crippen molar-refractivity contribution in [2.24, 2.45) is 0 Å². The topological polar surface area (TPSA) is 64.2 Å². The summed E-state index contributed by atoms with van der Waals surface area (Å²) in [7, 11) is 0. The molecule has 0 radical (unpaired) electrons. The summed E-state index contributed by atoms with van der Waals surface area (Å²) in [4.78, 5) is 19.2. The molecule has 0 spiro atoms. The SMILES string of the molecule is CCN(C(=O)c1cc(C)n(-c2cc(C)on2)c1C)c1nc(C)cs1. The van der Waals surface area contributed by atoms with Crippen LogP contribution in [0.5, 0.6) is 0 Å². The second kappa shape index (κ2) is 6.24. The zero-order valence-electron chi connectivity index (χ0n) is 14.5. The molecule has 0 aliphatic rings. The fourth-order valence-corrected chi connectivity index (χ4v) is 3.63. The summed E-state index contributed by atoms with van der Waals surface area (Å²) in [6.45, 7) is 10.2. The fourth-order valence-electron chi connectivity index (χ4n) is 2.77. The number of amides is 1. The molecule has 0 aliphatic carbocycles. The summed E-state index contributed by atoms with van der Waals surface area (Å²) in [5.74, 6) is 1.37. The molecule has 7 heteroatoms. The average molecular weight is 344 g/mol. The number of rotatable bonds is 4. The van der Waals surface area contributed by atoms with Crippen molar-refractivity contribution in [2.75, 3.05) is 11.4 Å². The fraction of sp³-hybridized carbons (Fsp3) is 0.353. The van der Waals surface area contributed by atoms with Crippen LogP contribution in [0.4, 0.5) is 5.13 Å². The Labute approximate surface area is 144 Å². The molecule has 3 heterocycles. The number of nitrogens with zero attached hydrogens (tertiary/aromatic N) is 4. The first-order valence-corrected chi connectivity index (χ1v) is 8.67. The van der Waals surface area contributed by atoms with Gasteiger partial charge < -0.3 is 4.52 Å². The van der Waals surface area contributed by atoms with Crippen LogP contribution in [0.1, 0.15) is 40.1 Å². The molecule has 0 bridgehead atoms. The Morgan fingerprint density at radius 1 is 1.29 bits per heavy atom. The number of anilines is 1. The van der Waals surface area contributed by atoms with Crippen molar-refractivity contribution in [2.45, 2.75) is 34.6 Å². The van der Waals surface area contributed by atoms with E-state index in [1.165, 1.54) is 11.3 Å². The van der Waals surface area contributed by atoms with Gasteiger partial charge in [-0.2, -0.15) is 0 Å². The Hall–Kier alpha value is -2.41. The number of thiazole rings is 1. The molecule has 0 unspecified atom stereocenters. The summed E-state index contributed by atoms with van der Waals surface area (Å²) >= 11 is 1.48. The predicted octanol–water partition coefficient (Wildman–Crippen LogP) is 3.82. The van der Waals surface area contributed by atoms with Crippen LogP contribution in [0.3, 0.4) is 0 Å². The minimum absolute atomic E-state index is 0.0496. The van der Waals surface area contributed by atoms with E-state index in [1.807, 2.05) is 56.7 Å². The maximum atomic E-state index is 13.0. The summed E-state index contributed by atoms with van der Waals surface area (Å²) in [6.07, 6.45) is 0. The summed E-state index contributed by atoms with van der Waals surface area (Å²) in [6, 6.07) is 3.75. The summed E-state index contributed by atoms with van der Waals surface area (Å²) in [5.41, 5.74) is 3.36. The van der Waals surface area contributed by atoms with Crippen LogP contribution >= 0.6 is 11.3 Å².